The molecule has 0 saturated heterocycles. The second kappa shape index (κ2) is 7.80. The molecule has 6 nitrogen and oxygen atoms in total. The van der Waals surface area contributed by atoms with Crippen molar-refractivity contribution in [2.75, 3.05) is 4.90 Å². The molecule has 3 aromatic rings. The molecule has 0 radical (unpaired) electrons. The number of aromatic nitrogens is 3. The molecule has 148 valence electrons. The molecule has 3 rings (SSSR count). The molecule has 2 heterocycles. The van der Waals surface area contributed by atoms with E-state index < -0.39 is 11.7 Å². The van der Waals surface area contributed by atoms with Crippen molar-refractivity contribution in [1.82, 2.24) is 14.6 Å². The molecule has 1 amide bonds. The molecule has 0 bridgehead atoms. The summed E-state index contributed by atoms with van der Waals surface area (Å²) in [5.41, 5.74) is 1.94. The number of benzene rings is 1. The maximum Gasteiger partial charge on any atom is 0.416 e. The Morgan fingerprint density at radius 3 is 2.54 bits per heavy atom. The van der Waals surface area contributed by atoms with E-state index in [4.69, 9.17) is 16.3 Å². The van der Waals surface area contributed by atoms with E-state index in [9.17, 15) is 4.79 Å². The lowest BCUT2D eigenvalue weighted by Crippen LogP contribution is -2.37. The summed E-state index contributed by atoms with van der Waals surface area (Å²) in [5.74, 6) is 0.736. The predicted molar refractivity (Wildman–Crippen MR) is 111 cm³/mol. The van der Waals surface area contributed by atoms with Crippen molar-refractivity contribution in [2.24, 2.45) is 0 Å². The Morgan fingerprint density at radius 2 is 1.93 bits per heavy atom. The predicted octanol–water partition coefficient (Wildman–Crippen LogP) is 5.45. The van der Waals surface area contributed by atoms with Crippen molar-refractivity contribution in [3.63, 3.8) is 0 Å². The van der Waals surface area contributed by atoms with Crippen molar-refractivity contribution in [3.8, 4) is 0 Å². The van der Waals surface area contributed by atoms with Crippen molar-refractivity contribution in [1.29, 1.82) is 0 Å². The Morgan fingerprint density at radius 1 is 1.25 bits per heavy atom. The molecule has 7 heteroatoms. The van der Waals surface area contributed by atoms with Crippen LogP contribution in [0.3, 0.4) is 0 Å². The minimum Gasteiger partial charge on any atom is -0.443 e. The molecule has 28 heavy (non-hydrogen) atoms. The van der Waals surface area contributed by atoms with E-state index in [1.54, 1.807) is 16.8 Å². The highest BCUT2D eigenvalue weighted by Crippen LogP contribution is 2.28. The van der Waals surface area contributed by atoms with Crippen LogP contribution in [0.25, 0.3) is 5.65 Å². The van der Waals surface area contributed by atoms with Gasteiger partial charge < -0.3 is 4.74 Å². The van der Waals surface area contributed by atoms with Gasteiger partial charge in [-0.2, -0.15) is 9.61 Å². The molecule has 0 fully saturated rings. The van der Waals surface area contributed by atoms with Gasteiger partial charge in [-0.15, -0.1) is 0 Å². The van der Waals surface area contributed by atoms with Crippen molar-refractivity contribution >= 4 is 29.2 Å². The van der Waals surface area contributed by atoms with Crippen LogP contribution < -0.4 is 4.90 Å². The van der Waals surface area contributed by atoms with Crippen LogP contribution in [-0.4, -0.2) is 26.3 Å². The lowest BCUT2D eigenvalue weighted by molar-refractivity contribution is 0.0575. The fourth-order valence-corrected chi connectivity index (χ4v) is 3.03. The van der Waals surface area contributed by atoms with Crippen LogP contribution in [0.4, 0.5) is 10.6 Å². The number of amides is 1. The standard InChI is InChI=1S/C21H25ClN4O2/c1-14(2)16-12-23-26-18(11-17(22)24-19(16)26)25(20(27)28-21(3,4)5)13-15-9-7-6-8-10-15/h6-12,14H,13H2,1-5H3. The lowest BCUT2D eigenvalue weighted by atomic mass is 10.1. The average molecular weight is 401 g/mol. The van der Waals surface area contributed by atoms with Crippen LogP contribution in [0, 0.1) is 0 Å². The van der Waals surface area contributed by atoms with Crippen LogP contribution in [0.5, 0.6) is 0 Å². The van der Waals surface area contributed by atoms with Crippen LogP contribution >= 0.6 is 11.6 Å². The molecule has 2 aromatic heterocycles. The third-order valence-electron chi connectivity index (χ3n) is 4.14. The summed E-state index contributed by atoms with van der Waals surface area (Å²) in [5, 5.41) is 4.77. The molecular formula is C21H25ClN4O2. The number of nitrogens with zero attached hydrogens (tertiary/aromatic N) is 4. The first-order valence-corrected chi connectivity index (χ1v) is 9.62. The second-order valence-corrected chi connectivity index (χ2v) is 8.37. The Balaban J connectivity index is 2.13. The quantitative estimate of drug-likeness (QED) is 0.546. The van der Waals surface area contributed by atoms with Gasteiger partial charge in [0.2, 0.25) is 0 Å². The zero-order valence-electron chi connectivity index (χ0n) is 16.8. The van der Waals surface area contributed by atoms with Gasteiger partial charge in [0.05, 0.1) is 12.7 Å². The molecule has 0 spiro atoms. The topological polar surface area (TPSA) is 59.7 Å². The fraction of sp³-hybridized carbons (Fsp3) is 0.381. The minimum absolute atomic E-state index is 0.223. The maximum atomic E-state index is 13.1. The number of carbonyl (C=O) groups excluding carboxylic acids is 1. The van der Waals surface area contributed by atoms with Crippen LogP contribution in [0.2, 0.25) is 5.15 Å². The summed E-state index contributed by atoms with van der Waals surface area (Å²) in [6, 6.07) is 11.4. The van der Waals surface area contributed by atoms with E-state index in [-0.39, 0.29) is 5.92 Å². The lowest BCUT2D eigenvalue weighted by Gasteiger charge is -2.27. The number of halogens is 1. The highest BCUT2D eigenvalue weighted by atomic mass is 35.5. The molecule has 0 aliphatic rings. The van der Waals surface area contributed by atoms with Gasteiger partial charge in [0.1, 0.15) is 16.6 Å². The number of hydrogen-bond donors (Lipinski definition) is 0. The van der Waals surface area contributed by atoms with Crippen molar-refractivity contribution < 1.29 is 9.53 Å². The van der Waals surface area contributed by atoms with Gasteiger partial charge in [-0.25, -0.2) is 9.78 Å². The molecule has 1 aromatic carbocycles. The molecule has 0 unspecified atom stereocenters. The normalized spacial score (nSPS) is 11.8. The Labute approximate surface area is 170 Å². The first-order chi connectivity index (χ1) is 13.2. The van der Waals surface area contributed by atoms with E-state index in [1.807, 2.05) is 51.1 Å². The smallest absolute Gasteiger partial charge is 0.416 e. The number of rotatable bonds is 4. The van der Waals surface area contributed by atoms with Gasteiger partial charge in [0, 0.05) is 11.6 Å². The summed E-state index contributed by atoms with van der Waals surface area (Å²) < 4.78 is 7.30. The second-order valence-electron chi connectivity index (χ2n) is 7.98. The largest absolute Gasteiger partial charge is 0.443 e. The molecule has 0 atom stereocenters. The Bertz CT molecular complexity index is 977. The zero-order chi connectivity index (χ0) is 20.5. The third-order valence-corrected chi connectivity index (χ3v) is 4.34. The molecule has 0 aliphatic heterocycles. The minimum atomic E-state index is -0.630. The zero-order valence-corrected chi connectivity index (χ0v) is 17.6. The van der Waals surface area contributed by atoms with Gasteiger partial charge >= 0.3 is 6.09 Å². The number of fused-ring (bicyclic) bond motifs is 1. The van der Waals surface area contributed by atoms with E-state index in [1.165, 1.54) is 4.90 Å². The van der Waals surface area contributed by atoms with Crippen molar-refractivity contribution in [3.05, 3.63) is 58.9 Å². The first-order valence-electron chi connectivity index (χ1n) is 9.24. The maximum absolute atomic E-state index is 13.1. The van der Waals surface area contributed by atoms with Gasteiger partial charge in [0.25, 0.3) is 0 Å². The van der Waals surface area contributed by atoms with Gasteiger partial charge in [-0.05, 0) is 32.3 Å². The first kappa shape index (κ1) is 20.1. The van der Waals surface area contributed by atoms with Crippen LogP contribution in [0.15, 0.2) is 42.6 Å². The Hall–Kier alpha value is -2.60. The highest BCUT2D eigenvalue weighted by molar-refractivity contribution is 6.29. The van der Waals surface area contributed by atoms with E-state index >= 15 is 0 Å². The van der Waals surface area contributed by atoms with Crippen molar-refractivity contribution in [2.45, 2.75) is 52.7 Å². The number of anilines is 1. The van der Waals surface area contributed by atoms with Gasteiger partial charge in [0.15, 0.2) is 5.65 Å². The molecule has 0 aliphatic carbocycles. The van der Waals surface area contributed by atoms with Crippen LogP contribution in [-0.2, 0) is 11.3 Å². The third kappa shape index (κ3) is 4.44. The monoisotopic (exact) mass is 400 g/mol. The van der Waals surface area contributed by atoms with Crippen LogP contribution in [0.1, 0.15) is 51.7 Å². The number of hydrogen-bond acceptors (Lipinski definition) is 4. The molecule has 0 saturated carbocycles. The van der Waals surface area contributed by atoms with E-state index in [0.29, 0.717) is 23.2 Å². The fourth-order valence-electron chi connectivity index (χ4n) is 2.86. The molecular weight excluding hydrogens is 376 g/mol. The highest BCUT2D eigenvalue weighted by Gasteiger charge is 2.27. The van der Waals surface area contributed by atoms with E-state index in [0.717, 1.165) is 11.1 Å². The van der Waals surface area contributed by atoms with E-state index in [2.05, 4.69) is 23.9 Å². The van der Waals surface area contributed by atoms with Gasteiger partial charge in [-0.1, -0.05) is 55.8 Å². The summed E-state index contributed by atoms with van der Waals surface area (Å²) in [6.07, 6.45) is 1.30. The average Bonchev–Trinajstić information content (AvgIpc) is 3.02. The SMILES string of the molecule is CC(C)c1cnn2c(N(Cc3ccccc3)C(=O)OC(C)(C)C)cc(Cl)nc12. The summed E-state index contributed by atoms with van der Waals surface area (Å²) in [6.45, 7) is 9.97. The Kier molecular flexibility index (Phi) is 5.61. The van der Waals surface area contributed by atoms with Gasteiger partial charge in [-0.3, -0.25) is 4.90 Å². The summed E-state index contributed by atoms with van der Waals surface area (Å²) in [7, 11) is 0. The molecule has 0 N–H and O–H groups in total. The summed E-state index contributed by atoms with van der Waals surface area (Å²) >= 11 is 6.31. The number of carbonyl (C=O) groups is 1. The number of ether oxygens (including phenoxy) is 1. The summed E-state index contributed by atoms with van der Waals surface area (Å²) in [4.78, 5) is 19.0.